The van der Waals surface area contributed by atoms with Gasteiger partial charge in [0.2, 0.25) is 0 Å². The number of amides is 1. The maximum atomic E-state index is 13.0. The normalized spacial score (nSPS) is 10.5. The van der Waals surface area contributed by atoms with Crippen molar-refractivity contribution in [2.45, 2.75) is 6.61 Å². The van der Waals surface area contributed by atoms with Gasteiger partial charge in [-0.25, -0.2) is 14.1 Å². The number of anilines is 1. The minimum Gasteiger partial charge on any atom is -0.489 e. The molecule has 1 N–H and O–H groups in total. The predicted molar refractivity (Wildman–Crippen MR) is 106 cm³/mol. The van der Waals surface area contributed by atoms with Gasteiger partial charge >= 0.3 is 0 Å². The first kappa shape index (κ1) is 18.4. The van der Waals surface area contributed by atoms with E-state index in [4.69, 9.17) is 4.74 Å². The molecule has 0 saturated heterocycles. The van der Waals surface area contributed by atoms with Gasteiger partial charge in [-0.15, -0.1) is 0 Å². The average Bonchev–Trinajstić information content (AvgIpc) is 3.29. The molecule has 144 valence electrons. The Morgan fingerprint density at radius 3 is 2.66 bits per heavy atom. The van der Waals surface area contributed by atoms with E-state index in [0.29, 0.717) is 29.4 Å². The fourth-order valence-electron chi connectivity index (χ4n) is 2.67. The van der Waals surface area contributed by atoms with Crippen LogP contribution < -0.4 is 10.1 Å². The summed E-state index contributed by atoms with van der Waals surface area (Å²) in [6.07, 6.45) is 4.94. The quantitative estimate of drug-likeness (QED) is 0.536. The smallest absolute Gasteiger partial charge is 0.257 e. The van der Waals surface area contributed by atoms with Gasteiger partial charge in [-0.3, -0.25) is 4.79 Å². The predicted octanol–water partition coefficient (Wildman–Crippen LogP) is 4.24. The summed E-state index contributed by atoms with van der Waals surface area (Å²) >= 11 is 0. The second-order valence-electron chi connectivity index (χ2n) is 6.25. The number of hydrogen-bond acceptors (Lipinski definition) is 4. The van der Waals surface area contributed by atoms with Crippen LogP contribution in [0, 0.1) is 5.82 Å². The van der Waals surface area contributed by atoms with Crippen LogP contribution in [0.3, 0.4) is 0 Å². The van der Waals surface area contributed by atoms with Crippen molar-refractivity contribution in [1.82, 2.24) is 14.8 Å². The molecular weight excluding hydrogens is 371 g/mol. The van der Waals surface area contributed by atoms with Crippen molar-refractivity contribution in [3.8, 4) is 11.6 Å². The van der Waals surface area contributed by atoms with Crippen molar-refractivity contribution >= 4 is 11.6 Å². The molecular formula is C22H17FN4O2. The summed E-state index contributed by atoms with van der Waals surface area (Å²) in [5.41, 5.74) is 1.88. The van der Waals surface area contributed by atoms with Crippen molar-refractivity contribution in [3.63, 3.8) is 0 Å². The lowest BCUT2D eigenvalue weighted by Gasteiger charge is -2.10. The molecule has 2 aromatic heterocycles. The van der Waals surface area contributed by atoms with Gasteiger partial charge in [-0.2, -0.15) is 5.10 Å². The molecule has 0 aliphatic rings. The van der Waals surface area contributed by atoms with Crippen molar-refractivity contribution in [2.75, 3.05) is 5.32 Å². The van der Waals surface area contributed by atoms with Crippen LogP contribution in [0.4, 0.5) is 10.1 Å². The molecule has 0 fully saturated rings. The van der Waals surface area contributed by atoms with Crippen LogP contribution >= 0.6 is 0 Å². The van der Waals surface area contributed by atoms with Gasteiger partial charge in [0.05, 0.1) is 5.56 Å². The van der Waals surface area contributed by atoms with Gasteiger partial charge in [0.15, 0.2) is 5.82 Å². The number of carbonyl (C=O) groups excluding carboxylic acids is 1. The maximum absolute atomic E-state index is 13.0. The van der Waals surface area contributed by atoms with E-state index < -0.39 is 0 Å². The maximum Gasteiger partial charge on any atom is 0.257 e. The zero-order valence-corrected chi connectivity index (χ0v) is 15.3. The zero-order valence-electron chi connectivity index (χ0n) is 15.3. The van der Waals surface area contributed by atoms with E-state index >= 15 is 0 Å². The Morgan fingerprint density at radius 1 is 1.07 bits per heavy atom. The number of hydrogen-bond donors (Lipinski definition) is 1. The van der Waals surface area contributed by atoms with Crippen LogP contribution in [0.1, 0.15) is 15.9 Å². The second-order valence-corrected chi connectivity index (χ2v) is 6.25. The molecule has 4 rings (SSSR count). The number of rotatable bonds is 6. The molecule has 0 unspecified atom stereocenters. The van der Waals surface area contributed by atoms with Crippen molar-refractivity contribution in [1.29, 1.82) is 0 Å². The number of halogens is 1. The van der Waals surface area contributed by atoms with E-state index in [1.165, 1.54) is 18.3 Å². The first-order chi connectivity index (χ1) is 14.2. The Bertz CT molecular complexity index is 1090. The molecule has 2 heterocycles. The molecule has 0 aliphatic carbocycles. The van der Waals surface area contributed by atoms with Crippen LogP contribution in [0.15, 0.2) is 85.3 Å². The third kappa shape index (κ3) is 4.65. The monoisotopic (exact) mass is 388 g/mol. The van der Waals surface area contributed by atoms with Crippen LogP contribution in [0.25, 0.3) is 5.82 Å². The summed E-state index contributed by atoms with van der Waals surface area (Å²) in [7, 11) is 0. The molecule has 0 radical (unpaired) electrons. The fourth-order valence-corrected chi connectivity index (χ4v) is 2.67. The Labute approximate surface area is 166 Å². The molecule has 0 saturated carbocycles. The molecule has 2 aromatic carbocycles. The average molecular weight is 388 g/mol. The number of aromatic nitrogens is 3. The van der Waals surface area contributed by atoms with Crippen LogP contribution in [0.2, 0.25) is 0 Å². The summed E-state index contributed by atoms with van der Waals surface area (Å²) < 4.78 is 20.3. The third-order valence-corrected chi connectivity index (χ3v) is 4.16. The van der Waals surface area contributed by atoms with Crippen LogP contribution in [-0.4, -0.2) is 20.7 Å². The van der Waals surface area contributed by atoms with Gasteiger partial charge in [0, 0.05) is 30.3 Å². The highest BCUT2D eigenvalue weighted by atomic mass is 19.1. The molecule has 6 nitrogen and oxygen atoms in total. The van der Waals surface area contributed by atoms with Gasteiger partial charge in [0.1, 0.15) is 18.2 Å². The summed E-state index contributed by atoms with van der Waals surface area (Å²) in [5.74, 6) is 0.660. The van der Waals surface area contributed by atoms with Gasteiger partial charge in [0.25, 0.3) is 5.91 Å². The molecule has 1 amide bonds. The van der Waals surface area contributed by atoms with E-state index in [-0.39, 0.29) is 11.7 Å². The zero-order chi connectivity index (χ0) is 20.1. The Hall–Kier alpha value is -4.00. The van der Waals surface area contributed by atoms with Crippen LogP contribution in [-0.2, 0) is 6.61 Å². The van der Waals surface area contributed by atoms with Crippen LogP contribution in [0.5, 0.6) is 5.75 Å². The van der Waals surface area contributed by atoms with Gasteiger partial charge < -0.3 is 10.1 Å². The van der Waals surface area contributed by atoms with Crippen molar-refractivity contribution in [3.05, 3.63) is 102 Å². The van der Waals surface area contributed by atoms with E-state index in [1.54, 1.807) is 71.7 Å². The molecule has 29 heavy (non-hydrogen) atoms. The molecule has 4 aromatic rings. The minimum absolute atomic E-state index is 0.278. The lowest BCUT2D eigenvalue weighted by atomic mass is 10.2. The fraction of sp³-hybridized carbons (Fsp3) is 0.0455. The lowest BCUT2D eigenvalue weighted by molar-refractivity contribution is 0.102. The third-order valence-electron chi connectivity index (χ3n) is 4.16. The molecule has 0 atom stereocenters. The number of nitrogens with one attached hydrogen (secondary N) is 1. The molecule has 0 spiro atoms. The van der Waals surface area contributed by atoms with Crippen molar-refractivity contribution < 1.29 is 13.9 Å². The SMILES string of the molecule is O=C(Nc1cccc(OCc2ccc(F)cc2)c1)c1ccc(-n2cccn2)nc1. The number of benzene rings is 2. The highest BCUT2D eigenvalue weighted by Crippen LogP contribution is 2.19. The molecule has 0 bridgehead atoms. The standard InChI is InChI=1S/C22H17FN4O2/c23-18-8-5-16(6-9-18)15-29-20-4-1-3-19(13-20)26-22(28)17-7-10-21(24-14-17)27-12-2-11-25-27/h1-14H,15H2,(H,26,28). The number of carbonyl (C=O) groups is 1. The molecule has 7 heteroatoms. The van der Waals surface area contributed by atoms with Gasteiger partial charge in [-0.1, -0.05) is 18.2 Å². The second kappa shape index (κ2) is 8.35. The first-order valence-electron chi connectivity index (χ1n) is 8.92. The minimum atomic E-state index is -0.286. The summed E-state index contributed by atoms with van der Waals surface area (Å²) in [5, 5.41) is 6.93. The van der Waals surface area contributed by atoms with E-state index in [2.05, 4.69) is 15.4 Å². The number of ether oxygens (including phenoxy) is 1. The Kier molecular flexibility index (Phi) is 5.29. The van der Waals surface area contributed by atoms with E-state index in [9.17, 15) is 9.18 Å². The first-order valence-corrected chi connectivity index (χ1v) is 8.92. The topological polar surface area (TPSA) is 69.0 Å². The van der Waals surface area contributed by atoms with Gasteiger partial charge in [-0.05, 0) is 48.0 Å². The lowest BCUT2D eigenvalue weighted by Crippen LogP contribution is -2.12. The Balaban J connectivity index is 1.39. The summed E-state index contributed by atoms with van der Waals surface area (Å²) in [4.78, 5) is 16.7. The summed E-state index contributed by atoms with van der Waals surface area (Å²) in [6, 6.07) is 18.4. The summed E-state index contributed by atoms with van der Waals surface area (Å²) in [6.45, 7) is 0.302. The van der Waals surface area contributed by atoms with E-state index in [0.717, 1.165) is 5.56 Å². The molecule has 0 aliphatic heterocycles. The number of nitrogens with zero attached hydrogens (tertiary/aromatic N) is 3. The largest absolute Gasteiger partial charge is 0.489 e. The Morgan fingerprint density at radius 2 is 1.93 bits per heavy atom. The van der Waals surface area contributed by atoms with E-state index in [1.807, 2.05) is 0 Å². The highest BCUT2D eigenvalue weighted by molar-refractivity contribution is 6.04. The van der Waals surface area contributed by atoms with Crippen molar-refractivity contribution in [2.24, 2.45) is 0 Å². The number of pyridine rings is 1. The highest BCUT2D eigenvalue weighted by Gasteiger charge is 2.08.